The molecule has 0 amide bonds. The lowest BCUT2D eigenvalue weighted by molar-refractivity contribution is -0.660. The van der Waals surface area contributed by atoms with Crippen LogP contribution in [-0.4, -0.2) is 23.3 Å². The Kier molecular flexibility index (Phi) is 5.67. The molecule has 0 aromatic carbocycles. The van der Waals surface area contributed by atoms with Crippen molar-refractivity contribution >= 4 is 0 Å². The summed E-state index contributed by atoms with van der Waals surface area (Å²) >= 11 is 0. The molecule has 0 aliphatic rings. The molecule has 0 aliphatic heterocycles. The molecule has 0 aliphatic carbocycles. The summed E-state index contributed by atoms with van der Waals surface area (Å²) in [5.41, 5.74) is -0.111. The van der Waals surface area contributed by atoms with Gasteiger partial charge in [-0.2, -0.15) is 10.5 Å². The number of rotatable bonds is 4. The van der Waals surface area contributed by atoms with Gasteiger partial charge < -0.3 is 0 Å². The second-order valence-corrected chi connectivity index (χ2v) is 5.14. The molecule has 0 spiro atoms. The normalized spacial score (nSPS) is 16.1. The molecule has 4 nitrogen and oxygen atoms in total. The third-order valence-electron chi connectivity index (χ3n) is 2.19. The SMILES string of the molecule is CC(C#N)CN=[N+](CC(C)C#N)C(C)(C)C. The number of nitrogens with zero attached hydrogens (tertiary/aromatic N) is 4. The first-order chi connectivity index (χ1) is 7.31. The molecule has 88 valence electrons. The molecule has 0 saturated carbocycles. The fraction of sp³-hybridized carbons (Fsp3) is 0.833. The third kappa shape index (κ3) is 5.46. The van der Waals surface area contributed by atoms with E-state index in [0.29, 0.717) is 13.1 Å². The van der Waals surface area contributed by atoms with Crippen molar-refractivity contribution in [2.75, 3.05) is 13.1 Å². The van der Waals surface area contributed by atoms with Crippen LogP contribution in [0.15, 0.2) is 5.11 Å². The molecule has 0 N–H and O–H groups in total. The highest BCUT2D eigenvalue weighted by Gasteiger charge is 2.28. The van der Waals surface area contributed by atoms with Crippen molar-refractivity contribution in [3.63, 3.8) is 0 Å². The first-order valence-electron chi connectivity index (χ1n) is 5.55. The van der Waals surface area contributed by atoms with E-state index >= 15 is 0 Å². The number of nitriles is 2. The fourth-order valence-corrected chi connectivity index (χ4v) is 1.11. The van der Waals surface area contributed by atoms with Crippen LogP contribution in [0.3, 0.4) is 0 Å². The van der Waals surface area contributed by atoms with Gasteiger partial charge in [0.05, 0.1) is 18.1 Å². The summed E-state index contributed by atoms with van der Waals surface area (Å²) in [6.45, 7) is 11.0. The van der Waals surface area contributed by atoms with Crippen molar-refractivity contribution in [2.45, 2.75) is 40.2 Å². The molecule has 0 heterocycles. The Labute approximate surface area is 98.2 Å². The van der Waals surface area contributed by atoms with E-state index in [1.807, 2.05) is 18.5 Å². The van der Waals surface area contributed by atoms with Crippen LogP contribution < -0.4 is 0 Å². The summed E-state index contributed by atoms with van der Waals surface area (Å²) in [6.07, 6.45) is 0. The zero-order valence-electron chi connectivity index (χ0n) is 10.9. The summed E-state index contributed by atoms with van der Waals surface area (Å²) < 4.78 is 1.91. The Morgan fingerprint density at radius 1 is 1.12 bits per heavy atom. The molecule has 0 fully saturated rings. The van der Waals surface area contributed by atoms with E-state index in [2.05, 4.69) is 38.0 Å². The molecular weight excluding hydrogens is 200 g/mol. The lowest BCUT2D eigenvalue weighted by atomic mass is 10.1. The lowest BCUT2D eigenvalue weighted by Gasteiger charge is -2.16. The highest BCUT2D eigenvalue weighted by molar-refractivity contribution is 4.80. The van der Waals surface area contributed by atoms with E-state index in [9.17, 15) is 0 Å². The number of azo groups is 2. The fourth-order valence-electron chi connectivity index (χ4n) is 1.11. The summed E-state index contributed by atoms with van der Waals surface area (Å²) in [6, 6.07) is 4.36. The van der Waals surface area contributed by atoms with Gasteiger partial charge in [-0.3, -0.25) is 0 Å². The van der Waals surface area contributed by atoms with Crippen molar-refractivity contribution in [3.05, 3.63) is 0 Å². The molecule has 0 aromatic heterocycles. The van der Waals surface area contributed by atoms with Gasteiger partial charge in [0.1, 0.15) is 12.5 Å². The van der Waals surface area contributed by atoms with Gasteiger partial charge in [0, 0.05) is 20.8 Å². The van der Waals surface area contributed by atoms with Gasteiger partial charge in [-0.15, -0.1) is 4.70 Å². The largest absolute Gasteiger partial charge is 0.198 e. The Hall–Kier alpha value is -1.42. The maximum absolute atomic E-state index is 8.80. The van der Waals surface area contributed by atoms with E-state index in [1.54, 1.807) is 0 Å². The smallest absolute Gasteiger partial charge is 0.184 e. The van der Waals surface area contributed by atoms with Gasteiger partial charge in [0.15, 0.2) is 12.1 Å². The van der Waals surface area contributed by atoms with Crippen molar-refractivity contribution in [1.29, 1.82) is 10.5 Å². The van der Waals surface area contributed by atoms with Crippen LogP contribution in [0, 0.1) is 34.5 Å². The molecule has 2 unspecified atom stereocenters. The van der Waals surface area contributed by atoms with Crippen LogP contribution >= 0.6 is 0 Å². The second kappa shape index (κ2) is 6.23. The van der Waals surface area contributed by atoms with Crippen LogP contribution in [0.5, 0.6) is 0 Å². The van der Waals surface area contributed by atoms with Gasteiger partial charge in [-0.1, -0.05) is 0 Å². The average molecular weight is 221 g/mol. The maximum atomic E-state index is 8.80. The van der Waals surface area contributed by atoms with Gasteiger partial charge in [0.25, 0.3) is 0 Å². The molecule has 4 heteroatoms. The zero-order chi connectivity index (χ0) is 12.8. The minimum Gasteiger partial charge on any atom is -0.198 e. The minimum absolute atomic E-state index is 0.0552. The topological polar surface area (TPSA) is 62.9 Å². The maximum Gasteiger partial charge on any atom is 0.184 e. The molecular formula is C12H21N4+. The Bertz CT molecular complexity index is 324. The summed E-state index contributed by atoms with van der Waals surface area (Å²) in [7, 11) is 0. The van der Waals surface area contributed by atoms with Crippen molar-refractivity contribution in [1.82, 2.24) is 0 Å². The molecule has 0 radical (unpaired) electrons. The lowest BCUT2D eigenvalue weighted by Crippen LogP contribution is -2.35. The van der Waals surface area contributed by atoms with Crippen LogP contribution in [0.1, 0.15) is 34.6 Å². The molecule has 0 saturated heterocycles. The first kappa shape index (κ1) is 14.6. The van der Waals surface area contributed by atoms with E-state index < -0.39 is 0 Å². The Morgan fingerprint density at radius 3 is 2.00 bits per heavy atom. The van der Waals surface area contributed by atoms with Crippen LogP contribution in [0.4, 0.5) is 0 Å². The summed E-state index contributed by atoms with van der Waals surface area (Å²) in [4.78, 5) is 0. The zero-order valence-corrected chi connectivity index (χ0v) is 10.9. The van der Waals surface area contributed by atoms with Crippen LogP contribution in [0.2, 0.25) is 0 Å². The quantitative estimate of drug-likeness (QED) is 0.541. The van der Waals surface area contributed by atoms with E-state index in [1.165, 1.54) is 0 Å². The van der Waals surface area contributed by atoms with Crippen molar-refractivity contribution < 1.29 is 4.70 Å². The van der Waals surface area contributed by atoms with Gasteiger partial charge in [0.2, 0.25) is 0 Å². The van der Waals surface area contributed by atoms with Crippen LogP contribution in [0.25, 0.3) is 0 Å². The van der Waals surface area contributed by atoms with Crippen molar-refractivity contribution in [2.24, 2.45) is 17.0 Å². The Balaban J connectivity index is 4.71. The molecule has 0 aromatic rings. The standard InChI is InChI=1S/C12H21N4/c1-10(6-13)8-15-16(12(3,4)5)9-11(2)7-14/h10-11H,8-9H2,1-5H3/q+1. The third-order valence-corrected chi connectivity index (χ3v) is 2.19. The van der Waals surface area contributed by atoms with Crippen LogP contribution in [-0.2, 0) is 0 Å². The first-order valence-corrected chi connectivity index (χ1v) is 5.55. The second-order valence-electron chi connectivity index (χ2n) is 5.14. The number of hydrogen-bond donors (Lipinski definition) is 0. The predicted octanol–water partition coefficient (Wildman–Crippen LogP) is 2.57. The van der Waals surface area contributed by atoms with E-state index in [-0.39, 0.29) is 17.4 Å². The summed E-state index contributed by atoms with van der Waals surface area (Å²) in [5, 5.41) is 21.9. The van der Waals surface area contributed by atoms with Crippen molar-refractivity contribution in [3.8, 4) is 12.1 Å². The molecule has 0 bridgehead atoms. The Morgan fingerprint density at radius 2 is 1.62 bits per heavy atom. The van der Waals surface area contributed by atoms with Gasteiger partial charge >= 0.3 is 0 Å². The highest BCUT2D eigenvalue weighted by atomic mass is 15.3. The van der Waals surface area contributed by atoms with E-state index in [0.717, 1.165) is 0 Å². The van der Waals surface area contributed by atoms with Gasteiger partial charge in [-0.25, -0.2) is 0 Å². The monoisotopic (exact) mass is 221 g/mol. The number of hydrogen-bond acceptors (Lipinski definition) is 3. The molecule has 2 atom stereocenters. The average Bonchev–Trinajstić information content (AvgIpc) is 2.21. The summed E-state index contributed by atoms with van der Waals surface area (Å²) in [5.74, 6) is -0.136. The highest BCUT2D eigenvalue weighted by Crippen LogP contribution is 2.11. The molecule has 16 heavy (non-hydrogen) atoms. The molecule has 0 rings (SSSR count). The minimum atomic E-state index is -0.111. The van der Waals surface area contributed by atoms with Gasteiger partial charge in [-0.05, 0) is 19.0 Å². The van der Waals surface area contributed by atoms with E-state index in [4.69, 9.17) is 10.5 Å². The predicted molar refractivity (Wildman–Crippen MR) is 61.7 cm³/mol.